The average molecular weight is 359 g/mol. The van der Waals surface area contributed by atoms with Gasteiger partial charge >= 0.3 is 6.18 Å². The summed E-state index contributed by atoms with van der Waals surface area (Å²) < 4.78 is 43.5. The van der Waals surface area contributed by atoms with Crippen molar-refractivity contribution in [3.05, 3.63) is 63.6 Å². The molecule has 2 rings (SSSR count). The quantitative estimate of drug-likeness (QED) is 0.743. The third kappa shape index (κ3) is 3.44. The molecule has 6 heteroatoms. The van der Waals surface area contributed by atoms with E-state index in [0.717, 1.165) is 12.1 Å². The lowest BCUT2D eigenvalue weighted by molar-refractivity contribution is -0.137. The maximum absolute atomic E-state index is 12.7. The van der Waals surface area contributed by atoms with Gasteiger partial charge in [-0.25, -0.2) is 0 Å². The molecule has 0 saturated carbocycles. The number of ether oxygens (including phenoxy) is 1. The fraction of sp³-hybridized carbons (Fsp3) is 0.133. The Morgan fingerprint density at radius 1 is 1.14 bits per heavy atom. The summed E-state index contributed by atoms with van der Waals surface area (Å²) in [6.07, 6.45) is -4.50. The van der Waals surface area contributed by atoms with Gasteiger partial charge in [-0.3, -0.25) is 4.79 Å². The summed E-state index contributed by atoms with van der Waals surface area (Å²) >= 11 is 3.11. The van der Waals surface area contributed by atoms with E-state index >= 15 is 0 Å². The smallest absolute Gasteiger partial charge is 0.416 e. The molecule has 0 amide bonds. The van der Waals surface area contributed by atoms with E-state index in [9.17, 15) is 18.0 Å². The highest BCUT2D eigenvalue weighted by Crippen LogP contribution is 2.32. The highest BCUT2D eigenvalue weighted by molar-refractivity contribution is 9.10. The lowest BCUT2D eigenvalue weighted by Gasteiger charge is -2.10. The molecule has 0 aliphatic heterocycles. The summed E-state index contributed by atoms with van der Waals surface area (Å²) in [6.45, 7) is 0. The Bertz CT molecular complexity index is 681. The average Bonchev–Trinajstić information content (AvgIpc) is 2.46. The van der Waals surface area contributed by atoms with E-state index in [4.69, 9.17) is 4.74 Å². The first-order chi connectivity index (χ1) is 9.82. The minimum atomic E-state index is -4.50. The molecular formula is C15H10BrF3O2. The van der Waals surface area contributed by atoms with Crippen LogP contribution in [0, 0.1) is 0 Å². The van der Waals surface area contributed by atoms with E-state index in [1.807, 2.05) is 0 Å². The van der Waals surface area contributed by atoms with Crippen molar-refractivity contribution in [1.29, 1.82) is 0 Å². The zero-order valence-corrected chi connectivity index (χ0v) is 12.5. The number of halogens is 4. The van der Waals surface area contributed by atoms with E-state index in [-0.39, 0.29) is 11.1 Å². The topological polar surface area (TPSA) is 26.3 Å². The SMILES string of the molecule is COc1cccc(C(=O)c2cc(C(F)(F)F)ccc2Br)c1. The molecule has 0 radical (unpaired) electrons. The van der Waals surface area contributed by atoms with E-state index in [2.05, 4.69) is 15.9 Å². The number of carbonyl (C=O) groups is 1. The van der Waals surface area contributed by atoms with Gasteiger partial charge in [-0.2, -0.15) is 13.2 Å². The van der Waals surface area contributed by atoms with Gasteiger partial charge in [0, 0.05) is 15.6 Å². The predicted molar refractivity (Wildman–Crippen MR) is 75.6 cm³/mol. The number of carbonyl (C=O) groups excluding carboxylic acids is 1. The number of hydrogen-bond acceptors (Lipinski definition) is 2. The minimum Gasteiger partial charge on any atom is -0.497 e. The Kier molecular flexibility index (Phi) is 4.37. The molecule has 2 aromatic carbocycles. The molecule has 0 aliphatic carbocycles. The van der Waals surface area contributed by atoms with Crippen molar-refractivity contribution in [2.45, 2.75) is 6.18 Å². The van der Waals surface area contributed by atoms with Gasteiger partial charge in [0.1, 0.15) is 5.75 Å². The highest BCUT2D eigenvalue weighted by atomic mass is 79.9. The summed E-state index contributed by atoms with van der Waals surface area (Å²) in [5.74, 6) is -0.0455. The van der Waals surface area contributed by atoms with Crippen molar-refractivity contribution in [2.75, 3.05) is 7.11 Å². The van der Waals surface area contributed by atoms with E-state index in [1.54, 1.807) is 12.1 Å². The molecule has 0 fully saturated rings. The van der Waals surface area contributed by atoms with Crippen LogP contribution in [0.3, 0.4) is 0 Å². The molecule has 0 unspecified atom stereocenters. The number of hydrogen-bond donors (Lipinski definition) is 0. The Hall–Kier alpha value is -1.82. The third-order valence-electron chi connectivity index (χ3n) is 2.87. The van der Waals surface area contributed by atoms with Gasteiger partial charge in [-0.15, -0.1) is 0 Å². The second-order valence-corrected chi connectivity index (χ2v) is 5.11. The standard InChI is InChI=1S/C15H10BrF3O2/c1-21-11-4-2-3-9(7-11)14(20)12-8-10(15(17,18)19)5-6-13(12)16/h2-8H,1H3. The Labute approximate surface area is 127 Å². The molecule has 0 atom stereocenters. The van der Waals surface area contributed by atoms with Crippen LogP contribution in [-0.4, -0.2) is 12.9 Å². The molecule has 0 bridgehead atoms. The first kappa shape index (κ1) is 15.6. The zero-order valence-electron chi connectivity index (χ0n) is 10.9. The fourth-order valence-corrected chi connectivity index (χ4v) is 2.22. The number of alkyl halides is 3. The highest BCUT2D eigenvalue weighted by Gasteiger charge is 2.31. The van der Waals surface area contributed by atoms with Crippen LogP contribution >= 0.6 is 15.9 Å². The molecule has 0 aromatic heterocycles. The van der Waals surface area contributed by atoms with Crippen LogP contribution in [0.4, 0.5) is 13.2 Å². The normalized spacial score (nSPS) is 11.3. The molecule has 0 N–H and O–H groups in total. The van der Waals surface area contributed by atoms with Crippen molar-refractivity contribution in [1.82, 2.24) is 0 Å². The van der Waals surface area contributed by atoms with Gasteiger partial charge in [0.05, 0.1) is 12.7 Å². The van der Waals surface area contributed by atoms with Gasteiger partial charge in [0.15, 0.2) is 5.78 Å². The Morgan fingerprint density at radius 3 is 2.48 bits per heavy atom. The summed E-state index contributed by atoms with van der Waals surface area (Å²) in [7, 11) is 1.45. The molecule has 0 saturated heterocycles. The first-order valence-corrected chi connectivity index (χ1v) is 6.67. The lowest BCUT2D eigenvalue weighted by Crippen LogP contribution is -2.09. The second-order valence-electron chi connectivity index (χ2n) is 4.25. The largest absolute Gasteiger partial charge is 0.497 e. The molecule has 2 aromatic rings. The van der Waals surface area contributed by atoms with Crippen molar-refractivity contribution >= 4 is 21.7 Å². The maximum Gasteiger partial charge on any atom is 0.416 e. The molecule has 0 aliphatic rings. The summed E-state index contributed by atoms with van der Waals surface area (Å²) in [5, 5.41) is 0. The van der Waals surface area contributed by atoms with Crippen LogP contribution in [0.5, 0.6) is 5.75 Å². The number of ketones is 1. The van der Waals surface area contributed by atoms with E-state index in [0.29, 0.717) is 10.2 Å². The molecule has 0 heterocycles. The van der Waals surface area contributed by atoms with Gasteiger partial charge in [0.25, 0.3) is 0 Å². The Balaban J connectivity index is 2.47. The number of benzene rings is 2. The van der Waals surface area contributed by atoms with E-state index in [1.165, 1.54) is 25.3 Å². The minimum absolute atomic E-state index is 0.0434. The molecule has 2 nitrogen and oxygen atoms in total. The van der Waals surface area contributed by atoms with Crippen LogP contribution < -0.4 is 4.74 Å². The molecule has 110 valence electrons. The van der Waals surface area contributed by atoms with Crippen LogP contribution in [0.25, 0.3) is 0 Å². The molecular weight excluding hydrogens is 349 g/mol. The summed E-state index contributed by atoms with van der Waals surface area (Å²) in [6, 6.07) is 9.24. The predicted octanol–water partition coefficient (Wildman–Crippen LogP) is 4.71. The summed E-state index contributed by atoms with van der Waals surface area (Å²) in [4.78, 5) is 12.4. The van der Waals surface area contributed by atoms with Crippen molar-refractivity contribution < 1.29 is 22.7 Å². The van der Waals surface area contributed by atoms with E-state index < -0.39 is 17.5 Å². The van der Waals surface area contributed by atoms with Crippen molar-refractivity contribution in [3.63, 3.8) is 0 Å². The zero-order chi connectivity index (χ0) is 15.6. The van der Waals surface area contributed by atoms with Crippen molar-refractivity contribution in [2.24, 2.45) is 0 Å². The van der Waals surface area contributed by atoms with Gasteiger partial charge in [0.2, 0.25) is 0 Å². The maximum atomic E-state index is 12.7. The van der Waals surface area contributed by atoms with Crippen LogP contribution in [0.2, 0.25) is 0 Å². The van der Waals surface area contributed by atoms with Crippen LogP contribution in [-0.2, 0) is 6.18 Å². The number of rotatable bonds is 3. The monoisotopic (exact) mass is 358 g/mol. The second kappa shape index (κ2) is 5.89. The molecule has 0 spiro atoms. The molecule has 21 heavy (non-hydrogen) atoms. The summed E-state index contributed by atoms with van der Waals surface area (Å²) in [5.41, 5.74) is -0.649. The third-order valence-corrected chi connectivity index (χ3v) is 3.56. The lowest BCUT2D eigenvalue weighted by atomic mass is 10.0. The van der Waals surface area contributed by atoms with Crippen LogP contribution in [0.15, 0.2) is 46.9 Å². The fourth-order valence-electron chi connectivity index (χ4n) is 1.80. The van der Waals surface area contributed by atoms with Crippen LogP contribution in [0.1, 0.15) is 21.5 Å². The van der Waals surface area contributed by atoms with Gasteiger partial charge < -0.3 is 4.74 Å². The Morgan fingerprint density at radius 2 is 1.86 bits per heavy atom. The van der Waals surface area contributed by atoms with Gasteiger partial charge in [-0.05, 0) is 30.3 Å². The van der Waals surface area contributed by atoms with Gasteiger partial charge in [-0.1, -0.05) is 28.1 Å². The van der Waals surface area contributed by atoms with Crippen molar-refractivity contribution in [3.8, 4) is 5.75 Å². The first-order valence-electron chi connectivity index (χ1n) is 5.88. The number of methoxy groups -OCH3 is 1.